The summed E-state index contributed by atoms with van der Waals surface area (Å²) < 4.78 is 4.85. The lowest BCUT2D eigenvalue weighted by atomic mass is 10.1. The van der Waals surface area contributed by atoms with Gasteiger partial charge in [-0.3, -0.25) is 4.79 Å². The third-order valence-electron chi connectivity index (χ3n) is 3.20. The number of nitrogens with zero attached hydrogens (tertiary/aromatic N) is 1. The van der Waals surface area contributed by atoms with Crippen LogP contribution in [0.2, 0.25) is 5.22 Å². The van der Waals surface area contributed by atoms with Crippen LogP contribution >= 0.6 is 11.6 Å². The molecule has 1 aromatic heterocycles. The van der Waals surface area contributed by atoms with E-state index in [1.54, 1.807) is 0 Å². The summed E-state index contributed by atoms with van der Waals surface area (Å²) in [5.74, 6) is 0.0559. The van der Waals surface area contributed by atoms with Crippen LogP contribution in [0.25, 0.3) is 0 Å². The van der Waals surface area contributed by atoms with E-state index in [4.69, 9.17) is 16.1 Å². The molecule has 1 aliphatic rings. The molecule has 0 unspecified atom stereocenters. The van der Waals surface area contributed by atoms with Crippen molar-refractivity contribution in [1.82, 2.24) is 15.8 Å². The minimum atomic E-state index is 0.0559. The number of carbonyl (C=O) groups excluding carboxylic acids is 1. The first-order valence-corrected chi connectivity index (χ1v) is 6.65. The molecule has 1 fully saturated rings. The van der Waals surface area contributed by atoms with Crippen molar-refractivity contribution in [2.45, 2.75) is 38.6 Å². The average molecular weight is 272 g/mol. The van der Waals surface area contributed by atoms with Crippen LogP contribution in [0, 0.1) is 6.92 Å². The first-order chi connectivity index (χ1) is 8.66. The molecule has 18 heavy (non-hydrogen) atoms. The van der Waals surface area contributed by atoms with Crippen LogP contribution in [0.1, 0.15) is 30.5 Å². The second kappa shape index (κ2) is 6.20. The Kier molecular flexibility index (Phi) is 4.60. The molecule has 100 valence electrons. The van der Waals surface area contributed by atoms with E-state index in [0.717, 1.165) is 37.2 Å². The lowest BCUT2D eigenvalue weighted by molar-refractivity contribution is -0.121. The quantitative estimate of drug-likeness (QED) is 0.870. The third kappa shape index (κ3) is 3.46. The van der Waals surface area contributed by atoms with Gasteiger partial charge >= 0.3 is 0 Å². The minimum absolute atomic E-state index is 0.0559. The van der Waals surface area contributed by atoms with Crippen molar-refractivity contribution in [3.05, 3.63) is 16.5 Å². The van der Waals surface area contributed by atoms with Crippen LogP contribution in [0.15, 0.2) is 4.52 Å². The summed E-state index contributed by atoms with van der Waals surface area (Å²) >= 11 is 5.85. The van der Waals surface area contributed by atoms with Gasteiger partial charge in [-0.15, -0.1) is 0 Å². The maximum atomic E-state index is 11.8. The lowest BCUT2D eigenvalue weighted by Gasteiger charge is -2.23. The van der Waals surface area contributed by atoms with Crippen LogP contribution in [0.4, 0.5) is 0 Å². The van der Waals surface area contributed by atoms with E-state index >= 15 is 0 Å². The van der Waals surface area contributed by atoms with Crippen LogP contribution in [0.3, 0.4) is 0 Å². The van der Waals surface area contributed by atoms with Gasteiger partial charge in [-0.1, -0.05) is 5.16 Å². The highest BCUT2D eigenvalue weighted by Crippen LogP contribution is 2.20. The summed E-state index contributed by atoms with van der Waals surface area (Å²) in [6, 6.07) is 0.255. The zero-order valence-corrected chi connectivity index (χ0v) is 11.2. The summed E-state index contributed by atoms with van der Waals surface area (Å²) in [6.45, 7) is 3.73. The van der Waals surface area contributed by atoms with E-state index in [2.05, 4.69) is 15.8 Å². The molecule has 6 heteroatoms. The Hall–Kier alpha value is -1.07. The van der Waals surface area contributed by atoms with E-state index in [1.165, 1.54) is 0 Å². The fourth-order valence-corrected chi connectivity index (χ4v) is 2.42. The number of rotatable bonds is 4. The highest BCUT2D eigenvalue weighted by Gasteiger charge is 2.17. The second-order valence-electron chi connectivity index (χ2n) is 4.63. The van der Waals surface area contributed by atoms with Crippen LogP contribution in [0.5, 0.6) is 0 Å². The van der Waals surface area contributed by atoms with Gasteiger partial charge in [-0.25, -0.2) is 0 Å². The molecular weight excluding hydrogens is 254 g/mol. The molecule has 5 nitrogen and oxygen atoms in total. The Morgan fingerprint density at radius 1 is 1.67 bits per heavy atom. The number of carbonyl (C=O) groups is 1. The molecule has 0 aromatic carbocycles. The van der Waals surface area contributed by atoms with Gasteiger partial charge in [0.05, 0.1) is 5.69 Å². The van der Waals surface area contributed by atoms with Gasteiger partial charge in [0.1, 0.15) is 0 Å². The van der Waals surface area contributed by atoms with Crippen molar-refractivity contribution in [1.29, 1.82) is 0 Å². The van der Waals surface area contributed by atoms with Crippen molar-refractivity contribution in [3.8, 4) is 0 Å². The van der Waals surface area contributed by atoms with E-state index < -0.39 is 0 Å². The van der Waals surface area contributed by atoms with Crippen LogP contribution < -0.4 is 10.6 Å². The zero-order chi connectivity index (χ0) is 13.0. The first-order valence-electron chi connectivity index (χ1n) is 6.27. The molecule has 0 spiro atoms. The van der Waals surface area contributed by atoms with E-state index in [1.807, 2.05) is 6.92 Å². The molecule has 2 N–H and O–H groups in total. The predicted octanol–water partition coefficient (Wildman–Crippen LogP) is 1.44. The summed E-state index contributed by atoms with van der Waals surface area (Å²) in [5, 5.41) is 10.3. The molecule has 1 aliphatic heterocycles. The largest absolute Gasteiger partial charge is 0.352 e. The maximum absolute atomic E-state index is 11.8. The van der Waals surface area contributed by atoms with Gasteiger partial charge in [0, 0.05) is 24.6 Å². The van der Waals surface area contributed by atoms with E-state index in [0.29, 0.717) is 18.1 Å². The van der Waals surface area contributed by atoms with Gasteiger partial charge in [0.25, 0.3) is 0 Å². The number of piperidine rings is 1. The van der Waals surface area contributed by atoms with E-state index in [9.17, 15) is 4.79 Å². The molecule has 1 amide bonds. The van der Waals surface area contributed by atoms with Crippen molar-refractivity contribution >= 4 is 17.5 Å². The number of aryl methyl sites for hydroxylation is 1. The van der Waals surface area contributed by atoms with E-state index in [-0.39, 0.29) is 11.9 Å². The van der Waals surface area contributed by atoms with Gasteiger partial charge in [0.2, 0.25) is 11.1 Å². The number of halogens is 1. The fraction of sp³-hybridized carbons (Fsp3) is 0.667. The summed E-state index contributed by atoms with van der Waals surface area (Å²) in [5.41, 5.74) is 1.58. The highest BCUT2D eigenvalue weighted by atomic mass is 35.5. The number of hydrogen-bond donors (Lipinski definition) is 2. The number of amides is 1. The summed E-state index contributed by atoms with van der Waals surface area (Å²) in [6.07, 6.45) is 3.14. The van der Waals surface area contributed by atoms with Crippen LogP contribution in [-0.4, -0.2) is 30.2 Å². The average Bonchev–Trinajstić information content (AvgIpc) is 2.68. The standard InChI is InChI=1S/C12H18ClN3O2/c1-8-10(12(13)18-16-8)4-5-11(17)15-9-3-2-6-14-7-9/h9,14H,2-7H2,1H3,(H,15,17)/t9-/m0/s1. The number of aromatic nitrogens is 1. The maximum Gasteiger partial charge on any atom is 0.229 e. The smallest absolute Gasteiger partial charge is 0.229 e. The predicted molar refractivity (Wildman–Crippen MR) is 68.6 cm³/mol. The van der Waals surface area contributed by atoms with Crippen molar-refractivity contribution in [2.75, 3.05) is 13.1 Å². The SMILES string of the molecule is Cc1noc(Cl)c1CCC(=O)N[C@H]1CCCNC1. The Morgan fingerprint density at radius 3 is 3.11 bits per heavy atom. The third-order valence-corrected chi connectivity index (χ3v) is 3.50. The first kappa shape index (κ1) is 13.4. The van der Waals surface area contributed by atoms with Crippen molar-refractivity contribution in [2.24, 2.45) is 0 Å². The molecular formula is C12H18ClN3O2. The molecule has 2 rings (SSSR count). The Labute approximate surface area is 111 Å². The van der Waals surface area contributed by atoms with Crippen LogP contribution in [-0.2, 0) is 11.2 Å². The van der Waals surface area contributed by atoms with Gasteiger partial charge in [0.15, 0.2) is 0 Å². The Balaban J connectivity index is 1.77. The highest BCUT2D eigenvalue weighted by molar-refractivity contribution is 6.29. The number of hydrogen-bond acceptors (Lipinski definition) is 4. The monoisotopic (exact) mass is 271 g/mol. The summed E-state index contributed by atoms with van der Waals surface area (Å²) in [4.78, 5) is 11.8. The molecule has 0 bridgehead atoms. The summed E-state index contributed by atoms with van der Waals surface area (Å²) in [7, 11) is 0. The van der Waals surface area contributed by atoms with Crippen molar-refractivity contribution in [3.63, 3.8) is 0 Å². The van der Waals surface area contributed by atoms with Crippen molar-refractivity contribution < 1.29 is 9.32 Å². The molecule has 1 aromatic rings. The topological polar surface area (TPSA) is 67.2 Å². The molecule has 1 atom stereocenters. The molecule has 0 aliphatic carbocycles. The fourth-order valence-electron chi connectivity index (χ4n) is 2.15. The Morgan fingerprint density at radius 2 is 2.50 bits per heavy atom. The van der Waals surface area contributed by atoms with Gasteiger partial charge in [-0.2, -0.15) is 0 Å². The normalized spacial score (nSPS) is 19.8. The lowest BCUT2D eigenvalue weighted by Crippen LogP contribution is -2.45. The molecule has 0 saturated carbocycles. The Bertz CT molecular complexity index is 394. The molecule has 2 heterocycles. The van der Waals surface area contributed by atoms with Gasteiger partial charge in [-0.05, 0) is 44.3 Å². The van der Waals surface area contributed by atoms with Gasteiger partial charge < -0.3 is 15.2 Å². The zero-order valence-electron chi connectivity index (χ0n) is 10.5. The molecule has 0 radical (unpaired) electrons. The number of nitrogens with one attached hydrogen (secondary N) is 2. The molecule has 1 saturated heterocycles. The second-order valence-corrected chi connectivity index (χ2v) is 4.97. The minimum Gasteiger partial charge on any atom is -0.352 e.